The monoisotopic (exact) mass is 475 g/mol. The average Bonchev–Trinajstić information content (AvgIpc) is 3.44. The van der Waals surface area contributed by atoms with Gasteiger partial charge in [-0.1, -0.05) is 41.6 Å². The number of ether oxygens (including phenoxy) is 2. The number of amidine groups is 1. The molecule has 3 aliphatic heterocycles. The third kappa shape index (κ3) is 4.58. The summed E-state index contributed by atoms with van der Waals surface area (Å²) in [5, 5.41) is 3.21. The van der Waals surface area contributed by atoms with Crippen LogP contribution in [0.4, 0.5) is 0 Å². The van der Waals surface area contributed by atoms with Crippen molar-refractivity contribution in [3.05, 3.63) is 57.2 Å². The maximum Gasteiger partial charge on any atom is 0.338 e. The zero-order valence-electron chi connectivity index (χ0n) is 18.2. The number of hydrogen-bond acceptors (Lipinski definition) is 7. The molecule has 0 bridgehead atoms. The van der Waals surface area contributed by atoms with Crippen LogP contribution in [-0.4, -0.2) is 60.3 Å². The first-order valence-electron chi connectivity index (χ1n) is 10.6. The van der Waals surface area contributed by atoms with Gasteiger partial charge in [-0.2, -0.15) is 0 Å². The van der Waals surface area contributed by atoms with E-state index in [1.165, 1.54) is 11.8 Å². The van der Waals surface area contributed by atoms with Crippen molar-refractivity contribution >= 4 is 40.4 Å². The fourth-order valence-electron chi connectivity index (χ4n) is 4.15. The molecule has 0 N–H and O–H groups in total. The molecule has 32 heavy (non-hydrogen) atoms. The van der Waals surface area contributed by atoms with Crippen LogP contribution in [0.25, 0.3) is 0 Å². The number of aliphatic imine (C=N–C) groups is 1. The van der Waals surface area contributed by atoms with Crippen molar-refractivity contribution in [1.82, 2.24) is 9.80 Å². The molecule has 170 valence electrons. The lowest BCUT2D eigenvalue weighted by atomic mass is 9.93. The smallest absolute Gasteiger partial charge is 0.338 e. The van der Waals surface area contributed by atoms with Crippen LogP contribution in [0, 0.1) is 0 Å². The second-order valence-corrected chi connectivity index (χ2v) is 9.05. The summed E-state index contributed by atoms with van der Waals surface area (Å²) in [7, 11) is 1.55. The first-order valence-corrected chi connectivity index (χ1v) is 11.9. The van der Waals surface area contributed by atoms with Gasteiger partial charge in [0, 0.05) is 30.9 Å². The summed E-state index contributed by atoms with van der Waals surface area (Å²) in [4.78, 5) is 34.6. The predicted octanol–water partition coefficient (Wildman–Crippen LogP) is 4.12. The number of benzene rings is 1. The summed E-state index contributed by atoms with van der Waals surface area (Å²) >= 11 is 8.04. The van der Waals surface area contributed by atoms with E-state index in [1.54, 1.807) is 20.1 Å². The van der Waals surface area contributed by atoms with Crippen molar-refractivity contribution in [3.8, 4) is 0 Å². The number of rotatable bonds is 7. The summed E-state index contributed by atoms with van der Waals surface area (Å²) in [5.41, 5.74) is 2.57. The first kappa shape index (κ1) is 22.9. The average molecular weight is 476 g/mol. The number of amides is 1. The predicted molar refractivity (Wildman–Crippen MR) is 125 cm³/mol. The van der Waals surface area contributed by atoms with Crippen LogP contribution < -0.4 is 0 Å². The maximum absolute atomic E-state index is 13.1. The summed E-state index contributed by atoms with van der Waals surface area (Å²) in [6.07, 6.45) is 2.33. The van der Waals surface area contributed by atoms with Gasteiger partial charge in [0.25, 0.3) is 0 Å². The second-order valence-electron chi connectivity index (χ2n) is 7.81. The summed E-state index contributed by atoms with van der Waals surface area (Å²) < 4.78 is 10.5. The van der Waals surface area contributed by atoms with E-state index in [2.05, 4.69) is 4.99 Å². The van der Waals surface area contributed by atoms with E-state index in [0.29, 0.717) is 22.9 Å². The highest BCUT2D eigenvalue weighted by Gasteiger charge is 2.42. The molecule has 0 unspecified atom stereocenters. The number of allylic oxidation sites excluding steroid dienone is 1. The molecule has 1 atom stereocenters. The van der Waals surface area contributed by atoms with E-state index in [-0.39, 0.29) is 18.9 Å². The van der Waals surface area contributed by atoms with Crippen molar-refractivity contribution in [1.29, 1.82) is 0 Å². The number of carbonyl (C=O) groups is 2. The molecule has 1 amide bonds. The molecule has 3 heterocycles. The number of hydrogen-bond donors (Lipinski definition) is 0. The highest BCUT2D eigenvalue weighted by atomic mass is 35.5. The summed E-state index contributed by atoms with van der Waals surface area (Å²) in [6, 6.07) is 6.90. The molecule has 3 aliphatic rings. The molecule has 0 radical (unpaired) electrons. The Hall–Kier alpha value is -2.29. The number of methoxy groups -OCH3 is 1. The fourth-order valence-corrected chi connectivity index (χ4v) is 5.35. The molecule has 0 saturated carbocycles. The largest absolute Gasteiger partial charge is 0.460 e. The summed E-state index contributed by atoms with van der Waals surface area (Å²) in [6.45, 7) is 3.84. The number of nitrogens with zero attached hydrogens (tertiary/aromatic N) is 3. The number of likely N-dealkylation sites (tertiary alicyclic amines) is 1. The van der Waals surface area contributed by atoms with Crippen molar-refractivity contribution in [3.63, 3.8) is 0 Å². The Balaban J connectivity index is 1.69. The minimum Gasteiger partial charge on any atom is -0.460 e. The molecule has 1 saturated heterocycles. The number of carbonyl (C=O) groups excluding carboxylic acids is 2. The minimum absolute atomic E-state index is 0.0870. The molecule has 0 aromatic heterocycles. The van der Waals surface area contributed by atoms with Crippen molar-refractivity contribution in [2.75, 3.05) is 33.4 Å². The Morgan fingerprint density at radius 2 is 1.97 bits per heavy atom. The Labute approximate surface area is 197 Å². The van der Waals surface area contributed by atoms with Gasteiger partial charge in [-0.25, -0.2) is 9.79 Å². The Morgan fingerprint density at radius 1 is 1.22 bits per heavy atom. The Kier molecular flexibility index (Phi) is 7.23. The van der Waals surface area contributed by atoms with Gasteiger partial charge < -0.3 is 19.3 Å². The van der Waals surface area contributed by atoms with Crippen LogP contribution in [0.15, 0.2) is 51.6 Å². The van der Waals surface area contributed by atoms with E-state index in [1.807, 2.05) is 33.4 Å². The van der Waals surface area contributed by atoms with Gasteiger partial charge >= 0.3 is 5.97 Å². The second kappa shape index (κ2) is 10.1. The summed E-state index contributed by atoms with van der Waals surface area (Å²) in [5.74, 6) is -0.376. The van der Waals surface area contributed by atoms with Gasteiger partial charge in [0.2, 0.25) is 5.91 Å². The minimum atomic E-state index is -0.529. The van der Waals surface area contributed by atoms with Crippen LogP contribution in [0.5, 0.6) is 0 Å². The number of esters is 1. The quantitative estimate of drug-likeness (QED) is 0.436. The SMILES string of the molecule is COCCOC(=O)C1=C(C)N=C2SC=C(CC(=O)N3CCCC3)N2[C@@H]1c1ccccc1Cl. The van der Waals surface area contributed by atoms with Crippen molar-refractivity contribution < 1.29 is 19.1 Å². The van der Waals surface area contributed by atoms with E-state index >= 15 is 0 Å². The molecule has 4 rings (SSSR count). The normalized spacial score (nSPS) is 20.3. The molecule has 1 aromatic carbocycles. The zero-order chi connectivity index (χ0) is 22.7. The van der Waals surface area contributed by atoms with E-state index < -0.39 is 12.0 Å². The van der Waals surface area contributed by atoms with Crippen molar-refractivity contribution in [2.24, 2.45) is 4.99 Å². The molecular formula is C23H26ClN3O4S. The standard InChI is InChI=1S/C23H26ClN3O4S/c1-15-20(22(29)31-12-11-30-2)21(17-7-3-4-8-18(17)24)27-16(14-32-23(27)25-15)13-19(28)26-9-5-6-10-26/h3-4,7-8,14,21H,5-6,9-13H2,1-2H3/t21-/m1/s1. The third-order valence-corrected chi connectivity index (χ3v) is 6.97. The molecule has 1 fully saturated rings. The lowest BCUT2D eigenvalue weighted by molar-refractivity contribution is -0.141. The van der Waals surface area contributed by atoms with Gasteiger partial charge in [0.15, 0.2) is 5.17 Å². The van der Waals surface area contributed by atoms with Crippen LogP contribution >= 0.6 is 23.4 Å². The lowest BCUT2D eigenvalue weighted by Crippen LogP contribution is -2.38. The highest BCUT2D eigenvalue weighted by molar-refractivity contribution is 8.16. The Morgan fingerprint density at radius 3 is 2.69 bits per heavy atom. The van der Waals surface area contributed by atoms with Gasteiger partial charge in [0.1, 0.15) is 6.61 Å². The topological polar surface area (TPSA) is 71.4 Å². The maximum atomic E-state index is 13.1. The van der Waals surface area contributed by atoms with Crippen LogP contribution in [0.3, 0.4) is 0 Å². The van der Waals surface area contributed by atoms with Gasteiger partial charge in [0.05, 0.1) is 30.3 Å². The molecule has 0 aliphatic carbocycles. The van der Waals surface area contributed by atoms with Crippen LogP contribution in [0.2, 0.25) is 5.02 Å². The van der Waals surface area contributed by atoms with E-state index in [4.69, 9.17) is 21.1 Å². The fraction of sp³-hybridized carbons (Fsp3) is 0.435. The number of halogens is 1. The van der Waals surface area contributed by atoms with Crippen LogP contribution in [-0.2, 0) is 19.1 Å². The van der Waals surface area contributed by atoms with Gasteiger partial charge in [-0.3, -0.25) is 4.79 Å². The molecule has 1 aromatic rings. The third-order valence-electron chi connectivity index (χ3n) is 5.73. The zero-order valence-corrected chi connectivity index (χ0v) is 19.7. The van der Waals surface area contributed by atoms with Crippen molar-refractivity contribution in [2.45, 2.75) is 32.2 Å². The van der Waals surface area contributed by atoms with E-state index in [0.717, 1.165) is 42.4 Å². The molecular weight excluding hydrogens is 450 g/mol. The molecule has 7 nitrogen and oxygen atoms in total. The number of fused-ring (bicyclic) bond motifs is 1. The highest BCUT2D eigenvalue weighted by Crippen LogP contribution is 2.46. The van der Waals surface area contributed by atoms with E-state index in [9.17, 15) is 9.59 Å². The lowest BCUT2D eigenvalue weighted by Gasteiger charge is -2.36. The van der Waals surface area contributed by atoms with Crippen LogP contribution in [0.1, 0.15) is 37.8 Å². The number of thioether (sulfide) groups is 1. The Bertz CT molecular complexity index is 1000. The van der Waals surface area contributed by atoms with Gasteiger partial charge in [-0.05, 0) is 36.8 Å². The molecule has 9 heteroatoms. The van der Waals surface area contributed by atoms with Gasteiger partial charge in [-0.15, -0.1) is 0 Å². The molecule has 0 spiro atoms. The first-order chi connectivity index (χ1) is 15.5.